The number of ether oxygens (including phenoxy) is 4. The van der Waals surface area contributed by atoms with Gasteiger partial charge in [0.1, 0.15) is 23.2 Å². The number of methoxy groups -OCH3 is 4. The first-order chi connectivity index (χ1) is 54.8. The monoisotopic (exact) mass is 1620 g/mol. The predicted molar refractivity (Wildman–Crippen MR) is 452 cm³/mol. The zero-order chi connectivity index (χ0) is 83.9. The van der Waals surface area contributed by atoms with Crippen LogP contribution in [0.4, 0.5) is 13.2 Å². The highest BCUT2D eigenvalue weighted by Crippen LogP contribution is 2.74. The molecule has 0 unspecified atom stereocenters. The van der Waals surface area contributed by atoms with Crippen molar-refractivity contribution >= 4 is 35.4 Å². The first-order valence-electron chi connectivity index (χ1n) is 48.0. The molecule has 0 aromatic heterocycles. The fourth-order valence-electron chi connectivity index (χ4n) is 33.9. The normalized spacial score (nSPS) is 45.2. The summed E-state index contributed by atoms with van der Waals surface area (Å²) in [6.45, 7) is 33.3. The van der Waals surface area contributed by atoms with E-state index in [0.29, 0.717) is 211 Å². The molecular formula is C102H159F3O11. The second-order valence-electron chi connectivity index (χ2n) is 45.4. The number of aliphatic hydroxyl groups excluding tert-OH is 1. The van der Waals surface area contributed by atoms with Gasteiger partial charge in [0, 0.05) is 70.1 Å². The number of Topliss-reactive ketones (excluding diaryl/α,β-unsaturated/α-hetero) is 2. The first-order valence-corrected chi connectivity index (χ1v) is 48.0. The lowest BCUT2D eigenvalue weighted by atomic mass is 9.43. The van der Waals surface area contributed by atoms with Crippen molar-refractivity contribution in [3.8, 4) is 0 Å². The molecule has 0 amide bonds. The summed E-state index contributed by atoms with van der Waals surface area (Å²) >= 11 is 0. The molecule has 0 bridgehead atoms. The van der Waals surface area contributed by atoms with Gasteiger partial charge in [0.15, 0.2) is 0 Å². The minimum absolute atomic E-state index is 0.0354. The number of halogens is 3. The Morgan fingerprint density at radius 1 is 0.371 bits per heavy atom. The molecule has 0 heterocycles. The fraction of sp³-hybridized carbons (Fsp3) is 0.882. The van der Waals surface area contributed by atoms with E-state index >= 15 is 13.2 Å². The van der Waals surface area contributed by atoms with Crippen LogP contribution in [0.3, 0.4) is 0 Å². The second kappa shape index (κ2) is 35.1. The number of aliphatic hydroxyl groups is 1. The fourth-order valence-corrected chi connectivity index (χ4v) is 33.9. The van der Waals surface area contributed by atoms with Crippen molar-refractivity contribution in [3.63, 3.8) is 0 Å². The molecule has 16 aliphatic rings. The van der Waals surface area contributed by atoms with Gasteiger partial charge in [-0.25, -0.2) is 13.2 Å². The van der Waals surface area contributed by atoms with E-state index in [1.54, 1.807) is 0 Å². The lowest BCUT2D eigenvalue weighted by Crippen LogP contribution is -2.56. The van der Waals surface area contributed by atoms with Gasteiger partial charge in [-0.15, -0.1) is 0 Å². The summed E-state index contributed by atoms with van der Waals surface area (Å²) in [6, 6.07) is 0. The minimum atomic E-state index is -0.360. The van der Waals surface area contributed by atoms with Gasteiger partial charge in [0.2, 0.25) is 0 Å². The van der Waals surface area contributed by atoms with Gasteiger partial charge in [0.05, 0.1) is 40.4 Å². The number of carbonyl (C=O) groups excluding carboxylic acids is 6. The number of allylic oxidation sites excluding steroid dienone is 5. The van der Waals surface area contributed by atoms with E-state index in [4.69, 9.17) is 18.9 Å². The highest BCUT2D eigenvalue weighted by atomic mass is 19.1. The Hall–Kier alpha value is -3.81. The lowest BCUT2D eigenvalue weighted by molar-refractivity contribution is -0.157. The Kier molecular flexibility index (Phi) is 27.2. The van der Waals surface area contributed by atoms with Gasteiger partial charge in [0.25, 0.3) is 0 Å². The summed E-state index contributed by atoms with van der Waals surface area (Å²) in [5.74, 6) is 14.1. The minimum Gasteiger partial charge on any atom is -0.469 e. The van der Waals surface area contributed by atoms with Gasteiger partial charge >= 0.3 is 23.9 Å². The molecule has 13 saturated carbocycles. The number of rotatable bonds is 16. The molecule has 13 fully saturated rings. The molecular weight excluding hydrogens is 1460 g/mol. The third kappa shape index (κ3) is 16.3. The zero-order valence-electron chi connectivity index (χ0n) is 75.8. The molecule has 654 valence electrons. The highest BCUT2D eigenvalue weighted by molar-refractivity contribution is 5.84. The van der Waals surface area contributed by atoms with Gasteiger partial charge in [-0.05, 0) is 376 Å². The van der Waals surface area contributed by atoms with Crippen LogP contribution >= 0.6 is 0 Å². The van der Waals surface area contributed by atoms with Gasteiger partial charge in [-0.1, -0.05) is 103 Å². The molecule has 0 aliphatic heterocycles. The average molecular weight is 1620 g/mol. The van der Waals surface area contributed by atoms with Crippen molar-refractivity contribution in [1.82, 2.24) is 0 Å². The molecule has 16 rings (SSSR count). The van der Waals surface area contributed by atoms with Crippen LogP contribution in [0.5, 0.6) is 0 Å². The molecule has 14 heteroatoms. The van der Waals surface area contributed by atoms with E-state index in [1.165, 1.54) is 156 Å². The Morgan fingerprint density at radius 3 is 1.06 bits per heavy atom. The molecule has 1 N–H and O–H groups in total. The van der Waals surface area contributed by atoms with Crippen molar-refractivity contribution in [2.24, 2.45) is 179 Å². The number of ketones is 2. The summed E-state index contributed by atoms with van der Waals surface area (Å²) in [5, 5.41) is 10.1. The largest absolute Gasteiger partial charge is 0.469 e. The van der Waals surface area contributed by atoms with Crippen molar-refractivity contribution in [2.75, 3.05) is 28.4 Å². The molecule has 11 nitrogen and oxygen atoms in total. The van der Waals surface area contributed by atoms with Crippen LogP contribution in [-0.2, 0) is 47.7 Å². The summed E-state index contributed by atoms with van der Waals surface area (Å²) in [6.07, 6.45) is 39.0. The molecule has 0 spiro atoms. The van der Waals surface area contributed by atoms with E-state index in [0.717, 1.165) is 87.7 Å². The predicted octanol–water partition coefficient (Wildman–Crippen LogP) is 25.0. The molecule has 116 heavy (non-hydrogen) atoms. The Morgan fingerprint density at radius 2 is 0.681 bits per heavy atom. The van der Waals surface area contributed by atoms with E-state index in [2.05, 4.69) is 96.9 Å². The lowest BCUT2D eigenvalue weighted by Gasteiger charge is -2.60. The standard InChI is InChI=1S/C26H41FO2.C26H42O3.C25H39FO3.C25H37FO3/c2*1-16-10-12-26(4)21-11-13-25(3)19(17(2)6-9-24(28)29-5)7-8-20(25)18(21)15-23(27)22(26)14-16;2*1-15(5-8-23(28)29-4)18-6-7-19-17-14-22(26)21-13-16(27)9-11-25(21,3)20(17)10-12-24(18,19)2/h16-21H,6-15H2,1-5H3;16-22H,6-15H2,1-5H3;15-20,27H,5-14H2,1-4H3;15,17-20H,5-14H2,1-4H3/t16-,17-,18+,19-,20+,21+,25-,26-;16-,17-,18+,19-,20+,21+,22-,25-,26-;15-,16-,17+,18-,19+,20+,24-,25-;15-,17+,18-,19+,20+,24-,25-/m1111/s1. The highest BCUT2D eigenvalue weighted by Gasteiger charge is 2.67. The average Bonchev–Trinajstić information content (AvgIpc) is 1.39. The quantitative estimate of drug-likeness (QED) is 0.116. The summed E-state index contributed by atoms with van der Waals surface area (Å²) < 4.78 is 65.4. The molecule has 0 aromatic rings. The zero-order valence-corrected chi connectivity index (χ0v) is 75.8. The van der Waals surface area contributed by atoms with E-state index in [1.807, 2.05) is 0 Å². The van der Waals surface area contributed by atoms with E-state index in [-0.39, 0.29) is 85.7 Å². The van der Waals surface area contributed by atoms with Crippen molar-refractivity contribution < 1.29 is 66.0 Å². The second-order valence-corrected chi connectivity index (χ2v) is 45.4. The van der Waals surface area contributed by atoms with Crippen molar-refractivity contribution in [2.45, 2.75) is 360 Å². The maximum atomic E-state index is 15.4. The van der Waals surface area contributed by atoms with Crippen LogP contribution in [0.15, 0.2) is 34.2 Å². The Balaban J connectivity index is 0.000000135. The van der Waals surface area contributed by atoms with Gasteiger partial charge < -0.3 is 24.1 Å². The smallest absolute Gasteiger partial charge is 0.305 e. The summed E-state index contributed by atoms with van der Waals surface area (Å²) in [5.41, 5.74) is 4.35. The topological polar surface area (TPSA) is 160 Å². The number of hydrogen-bond donors (Lipinski definition) is 1. The molecule has 0 saturated heterocycles. The van der Waals surface area contributed by atoms with E-state index in [9.17, 15) is 33.9 Å². The third-order valence-corrected chi connectivity index (χ3v) is 40.4. The Labute approximate surface area is 699 Å². The molecule has 16 aliphatic carbocycles. The van der Waals surface area contributed by atoms with Crippen molar-refractivity contribution in [3.05, 3.63) is 34.2 Å². The maximum Gasteiger partial charge on any atom is 0.305 e. The van der Waals surface area contributed by atoms with Crippen LogP contribution in [0.25, 0.3) is 0 Å². The molecule has 0 radical (unpaired) electrons. The molecule has 32 atom stereocenters. The van der Waals surface area contributed by atoms with Crippen LogP contribution in [0.2, 0.25) is 0 Å². The van der Waals surface area contributed by atoms with Gasteiger partial charge in [-0.3, -0.25) is 28.8 Å². The van der Waals surface area contributed by atoms with E-state index < -0.39 is 0 Å². The first kappa shape index (κ1) is 89.9. The number of hydrogen-bond acceptors (Lipinski definition) is 11. The molecule has 0 aromatic carbocycles. The van der Waals surface area contributed by atoms with Crippen LogP contribution in [0.1, 0.15) is 354 Å². The third-order valence-electron chi connectivity index (χ3n) is 40.4. The van der Waals surface area contributed by atoms with Crippen LogP contribution in [-0.4, -0.2) is 75.1 Å². The SMILES string of the molecule is COC(=O)CC[C@@H](C)[C@H]1CC[C@H]2[C@@H]3CC(=O)[C@H]4C[C@H](C)CC[C@]4(C)[C@H]3CC[C@]12C.COC(=O)CC[C@@H](C)[C@H]1CC[C@H]2[C@@H]3CC(F)=C4CC(=O)CC[C@]4(C)[C@H]3CC[C@]12C.COC(=O)CC[C@@H](C)[C@H]1CC[C@H]2[C@@H]3CC(F)=C4C[C@H](C)CC[C@]4(C)[C@H]3CC[C@]12C.COC(=O)CC[C@@H](C)[C@H]1CC[C@H]2[C@@H]3CC(F)=C4C[C@H](O)CC[C@]4(C)[C@H]3CC[C@]12C. The summed E-state index contributed by atoms with van der Waals surface area (Å²) in [4.78, 5) is 71.8. The maximum absolute atomic E-state index is 15.4. The van der Waals surface area contributed by atoms with Crippen LogP contribution < -0.4 is 0 Å². The van der Waals surface area contributed by atoms with Gasteiger partial charge in [-0.2, -0.15) is 0 Å². The number of carbonyl (C=O) groups is 6. The van der Waals surface area contributed by atoms with Crippen LogP contribution in [0, 0.1) is 179 Å². The van der Waals surface area contributed by atoms with Crippen molar-refractivity contribution in [1.29, 1.82) is 0 Å². The summed E-state index contributed by atoms with van der Waals surface area (Å²) in [7, 11) is 5.89. The Bertz CT molecular complexity index is 3570. The number of fused-ring (bicyclic) bond motifs is 20. The number of esters is 4.